The van der Waals surface area contributed by atoms with Crippen LogP contribution in [0.4, 0.5) is 0 Å². The first-order valence-corrected chi connectivity index (χ1v) is 8.12. The third kappa shape index (κ3) is 4.28. The Morgan fingerprint density at radius 1 is 1.43 bits per heavy atom. The second-order valence-electron chi connectivity index (χ2n) is 5.70. The van der Waals surface area contributed by atoms with Gasteiger partial charge in [0.15, 0.2) is 0 Å². The average molecular weight is 311 g/mol. The maximum atomic E-state index is 12.0. The van der Waals surface area contributed by atoms with Crippen LogP contribution in [0, 0.1) is 0 Å². The Labute approximate surface area is 128 Å². The van der Waals surface area contributed by atoms with Crippen LogP contribution in [0.25, 0.3) is 0 Å². The molecular formula is C15H21NO4S. The fraction of sp³-hybridized carbons (Fsp3) is 0.600. The summed E-state index contributed by atoms with van der Waals surface area (Å²) >= 11 is 1.29. The largest absolute Gasteiger partial charge is 0.478 e. The van der Waals surface area contributed by atoms with Gasteiger partial charge in [-0.25, -0.2) is 4.79 Å². The van der Waals surface area contributed by atoms with Crippen LogP contribution in [-0.2, 0) is 11.2 Å². The molecule has 0 saturated heterocycles. The number of carbonyl (C=O) groups is 2. The summed E-state index contributed by atoms with van der Waals surface area (Å²) in [5.41, 5.74) is -0.334. The van der Waals surface area contributed by atoms with Gasteiger partial charge in [-0.3, -0.25) is 4.79 Å². The van der Waals surface area contributed by atoms with Crippen molar-refractivity contribution in [1.82, 2.24) is 5.32 Å². The van der Waals surface area contributed by atoms with Gasteiger partial charge >= 0.3 is 5.97 Å². The third-order valence-electron chi connectivity index (χ3n) is 4.18. The van der Waals surface area contributed by atoms with E-state index in [0.717, 1.165) is 37.0 Å². The molecule has 1 aliphatic rings. The van der Waals surface area contributed by atoms with E-state index < -0.39 is 11.6 Å². The monoisotopic (exact) mass is 311 g/mol. The van der Waals surface area contributed by atoms with Gasteiger partial charge in [-0.05, 0) is 38.2 Å². The molecule has 2 rings (SSSR count). The van der Waals surface area contributed by atoms with Crippen molar-refractivity contribution in [1.29, 1.82) is 0 Å². The first kappa shape index (κ1) is 16.0. The lowest BCUT2D eigenvalue weighted by Gasteiger charge is -2.35. The average Bonchev–Trinajstić information content (AvgIpc) is 2.90. The molecular weight excluding hydrogens is 290 g/mol. The van der Waals surface area contributed by atoms with Gasteiger partial charge in [0, 0.05) is 16.3 Å². The van der Waals surface area contributed by atoms with Crippen LogP contribution in [0.3, 0.4) is 0 Å². The van der Waals surface area contributed by atoms with Gasteiger partial charge in [-0.2, -0.15) is 0 Å². The highest BCUT2D eigenvalue weighted by Gasteiger charge is 2.31. The molecule has 1 saturated carbocycles. The minimum atomic E-state index is -0.968. The van der Waals surface area contributed by atoms with E-state index in [9.17, 15) is 14.7 Å². The first-order valence-electron chi connectivity index (χ1n) is 7.24. The van der Waals surface area contributed by atoms with Crippen LogP contribution < -0.4 is 5.32 Å². The van der Waals surface area contributed by atoms with Crippen molar-refractivity contribution in [3.8, 4) is 0 Å². The van der Waals surface area contributed by atoms with Crippen molar-refractivity contribution < 1.29 is 19.8 Å². The SMILES string of the molecule is CCC1(O)CCC(NC(=O)Cc2cc(C(=O)O)cs2)CC1. The number of aromatic carboxylic acids is 1. The number of hydrogen-bond donors (Lipinski definition) is 3. The van der Waals surface area contributed by atoms with Crippen LogP contribution in [0.2, 0.25) is 0 Å². The Kier molecular flexibility index (Phi) is 5.00. The van der Waals surface area contributed by atoms with Gasteiger partial charge in [0.2, 0.25) is 5.91 Å². The number of rotatable bonds is 5. The van der Waals surface area contributed by atoms with Gasteiger partial charge in [0.05, 0.1) is 17.6 Å². The van der Waals surface area contributed by atoms with E-state index in [-0.39, 0.29) is 23.9 Å². The smallest absolute Gasteiger partial charge is 0.336 e. The van der Waals surface area contributed by atoms with E-state index in [2.05, 4.69) is 5.32 Å². The van der Waals surface area contributed by atoms with Crippen molar-refractivity contribution in [3.05, 3.63) is 21.9 Å². The number of nitrogens with one attached hydrogen (secondary N) is 1. The minimum Gasteiger partial charge on any atom is -0.478 e. The summed E-state index contributed by atoms with van der Waals surface area (Å²) in [7, 11) is 0. The van der Waals surface area contributed by atoms with E-state index >= 15 is 0 Å². The number of carboxylic acids is 1. The molecule has 3 N–H and O–H groups in total. The Hall–Kier alpha value is -1.40. The van der Waals surface area contributed by atoms with Gasteiger partial charge < -0.3 is 15.5 Å². The lowest BCUT2D eigenvalue weighted by molar-refractivity contribution is -0.121. The molecule has 1 amide bonds. The molecule has 1 aromatic heterocycles. The molecule has 1 fully saturated rings. The number of thiophene rings is 1. The fourth-order valence-corrected chi connectivity index (χ4v) is 3.53. The molecule has 0 aromatic carbocycles. The summed E-state index contributed by atoms with van der Waals surface area (Å²) in [6, 6.07) is 1.66. The summed E-state index contributed by atoms with van der Waals surface area (Å²) in [6.45, 7) is 1.98. The number of aliphatic hydroxyl groups is 1. The van der Waals surface area contributed by atoms with Crippen LogP contribution in [-0.4, -0.2) is 33.7 Å². The maximum Gasteiger partial charge on any atom is 0.336 e. The van der Waals surface area contributed by atoms with Crippen molar-refractivity contribution in [2.45, 2.75) is 57.1 Å². The molecule has 0 spiro atoms. The fourth-order valence-electron chi connectivity index (χ4n) is 2.68. The van der Waals surface area contributed by atoms with E-state index in [1.165, 1.54) is 11.3 Å². The van der Waals surface area contributed by atoms with E-state index in [0.29, 0.717) is 0 Å². The topological polar surface area (TPSA) is 86.6 Å². The quantitative estimate of drug-likeness (QED) is 0.778. The van der Waals surface area contributed by atoms with E-state index in [4.69, 9.17) is 5.11 Å². The van der Waals surface area contributed by atoms with E-state index in [1.807, 2.05) is 6.92 Å². The number of carbonyl (C=O) groups excluding carboxylic acids is 1. The molecule has 0 atom stereocenters. The van der Waals surface area contributed by atoms with E-state index in [1.54, 1.807) is 11.4 Å². The third-order valence-corrected chi connectivity index (χ3v) is 5.11. The van der Waals surface area contributed by atoms with Crippen LogP contribution in [0.5, 0.6) is 0 Å². The molecule has 116 valence electrons. The highest BCUT2D eigenvalue weighted by Crippen LogP contribution is 2.30. The van der Waals surface area contributed by atoms with Gasteiger partial charge in [0.25, 0.3) is 0 Å². The molecule has 1 aromatic rings. The second-order valence-corrected chi connectivity index (χ2v) is 6.70. The van der Waals surface area contributed by atoms with Gasteiger partial charge in [0.1, 0.15) is 0 Å². The van der Waals surface area contributed by atoms with Gasteiger partial charge in [-0.1, -0.05) is 6.92 Å². The number of carboxylic acid groups (broad SMARTS) is 1. The maximum absolute atomic E-state index is 12.0. The Bertz CT molecular complexity index is 517. The Morgan fingerprint density at radius 3 is 2.62 bits per heavy atom. The van der Waals surface area contributed by atoms with Crippen molar-refractivity contribution in [2.24, 2.45) is 0 Å². The predicted octanol–water partition coefficient (Wildman–Crippen LogP) is 2.19. The zero-order valence-electron chi connectivity index (χ0n) is 12.1. The minimum absolute atomic E-state index is 0.0827. The number of hydrogen-bond acceptors (Lipinski definition) is 4. The zero-order chi connectivity index (χ0) is 15.5. The summed E-state index contributed by atoms with van der Waals surface area (Å²) in [6.07, 6.45) is 3.99. The highest BCUT2D eigenvalue weighted by atomic mass is 32.1. The van der Waals surface area contributed by atoms with Crippen molar-refractivity contribution in [2.75, 3.05) is 0 Å². The molecule has 5 nitrogen and oxygen atoms in total. The molecule has 0 bridgehead atoms. The summed E-state index contributed by atoms with van der Waals surface area (Å²) < 4.78 is 0. The summed E-state index contributed by atoms with van der Waals surface area (Å²) in [5.74, 6) is -1.05. The van der Waals surface area contributed by atoms with Crippen LogP contribution in [0.15, 0.2) is 11.4 Å². The molecule has 0 unspecified atom stereocenters. The summed E-state index contributed by atoms with van der Waals surface area (Å²) in [5, 5.41) is 23.5. The van der Waals surface area contributed by atoms with Crippen molar-refractivity contribution >= 4 is 23.2 Å². The first-order chi connectivity index (χ1) is 9.92. The molecule has 21 heavy (non-hydrogen) atoms. The second kappa shape index (κ2) is 6.58. The Balaban J connectivity index is 1.81. The zero-order valence-corrected chi connectivity index (χ0v) is 12.9. The normalized spacial score (nSPS) is 25.5. The molecule has 1 aliphatic carbocycles. The molecule has 1 heterocycles. The Morgan fingerprint density at radius 2 is 2.10 bits per heavy atom. The highest BCUT2D eigenvalue weighted by molar-refractivity contribution is 7.10. The van der Waals surface area contributed by atoms with Crippen LogP contribution in [0.1, 0.15) is 54.3 Å². The summed E-state index contributed by atoms with van der Waals surface area (Å²) in [4.78, 5) is 23.5. The standard InChI is InChI=1S/C15H21NO4S/c1-2-15(20)5-3-11(4-6-15)16-13(17)8-12-7-10(9-21-12)14(18)19/h7,9,11,20H,2-6,8H2,1H3,(H,16,17)(H,18,19). The molecule has 0 aliphatic heterocycles. The number of amides is 1. The van der Waals surface area contributed by atoms with Crippen molar-refractivity contribution in [3.63, 3.8) is 0 Å². The van der Waals surface area contributed by atoms with Gasteiger partial charge in [-0.15, -0.1) is 11.3 Å². The van der Waals surface area contributed by atoms with Crippen LogP contribution >= 0.6 is 11.3 Å². The predicted molar refractivity (Wildman–Crippen MR) is 80.6 cm³/mol. The lowest BCUT2D eigenvalue weighted by Crippen LogP contribution is -2.43. The molecule has 0 radical (unpaired) electrons. The lowest BCUT2D eigenvalue weighted by atomic mass is 9.80. The molecule has 6 heteroatoms.